The summed E-state index contributed by atoms with van der Waals surface area (Å²) in [6.45, 7) is 1.69. The molecule has 0 heterocycles. The average Bonchev–Trinajstić information content (AvgIpc) is 2.47. The van der Waals surface area contributed by atoms with Gasteiger partial charge in [0.2, 0.25) is 0 Å². The van der Waals surface area contributed by atoms with Gasteiger partial charge < -0.3 is 4.74 Å². The number of benzene rings is 2. The lowest BCUT2D eigenvalue weighted by Crippen LogP contribution is -2.05. The highest BCUT2D eigenvalue weighted by Crippen LogP contribution is 2.31. The van der Waals surface area contributed by atoms with Crippen LogP contribution in [0.25, 0.3) is 11.1 Å². The molecular formula is C16H13F3O2. The zero-order valence-electron chi connectivity index (χ0n) is 11.3. The summed E-state index contributed by atoms with van der Waals surface area (Å²) in [6, 6.07) is 11.5. The number of hydrogen-bond donors (Lipinski definition) is 0. The van der Waals surface area contributed by atoms with Gasteiger partial charge in [-0.05, 0) is 35.4 Å². The molecule has 0 spiro atoms. The standard InChI is InChI=1S/C16H13F3O2/c1-2-15(20)21-14-9-5-12(6-10-14)11-3-7-13(8-4-11)16(17,18)19/h3-10H,2H2,1H3. The van der Waals surface area contributed by atoms with E-state index in [9.17, 15) is 18.0 Å². The van der Waals surface area contributed by atoms with Gasteiger partial charge in [-0.1, -0.05) is 31.2 Å². The second-order valence-corrected chi connectivity index (χ2v) is 4.43. The van der Waals surface area contributed by atoms with Crippen LogP contribution in [0.4, 0.5) is 13.2 Å². The molecule has 0 aliphatic heterocycles. The highest BCUT2D eigenvalue weighted by Gasteiger charge is 2.29. The third-order valence-electron chi connectivity index (χ3n) is 2.92. The lowest BCUT2D eigenvalue weighted by molar-refractivity contribution is -0.137. The van der Waals surface area contributed by atoms with Crippen LogP contribution in [-0.4, -0.2) is 5.97 Å². The Hall–Kier alpha value is -2.30. The maximum atomic E-state index is 12.5. The Bertz CT molecular complexity index is 613. The fraction of sp³-hybridized carbons (Fsp3) is 0.188. The second-order valence-electron chi connectivity index (χ2n) is 4.43. The largest absolute Gasteiger partial charge is 0.427 e. The molecule has 2 aromatic carbocycles. The third kappa shape index (κ3) is 3.84. The molecule has 21 heavy (non-hydrogen) atoms. The van der Waals surface area contributed by atoms with Crippen LogP contribution in [0.3, 0.4) is 0 Å². The normalized spacial score (nSPS) is 11.2. The van der Waals surface area contributed by atoms with Crippen LogP contribution in [-0.2, 0) is 11.0 Å². The van der Waals surface area contributed by atoms with Gasteiger partial charge in [-0.2, -0.15) is 13.2 Å². The number of halogens is 3. The van der Waals surface area contributed by atoms with Crippen LogP contribution in [0, 0.1) is 0 Å². The predicted molar refractivity (Wildman–Crippen MR) is 72.8 cm³/mol. The van der Waals surface area contributed by atoms with Crippen LogP contribution in [0.2, 0.25) is 0 Å². The maximum absolute atomic E-state index is 12.5. The topological polar surface area (TPSA) is 26.3 Å². The summed E-state index contributed by atoms with van der Waals surface area (Å²) in [6.07, 6.45) is -4.06. The summed E-state index contributed by atoms with van der Waals surface area (Å²) in [4.78, 5) is 11.1. The fourth-order valence-electron chi connectivity index (χ4n) is 1.77. The molecule has 0 saturated carbocycles. The second kappa shape index (κ2) is 5.99. The summed E-state index contributed by atoms with van der Waals surface area (Å²) in [7, 11) is 0. The monoisotopic (exact) mass is 294 g/mol. The molecule has 0 N–H and O–H groups in total. The van der Waals surface area contributed by atoms with Crippen LogP contribution in [0.1, 0.15) is 18.9 Å². The number of esters is 1. The first kappa shape index (κ1) is 15.1. The zero-order chi connectivity index (χ0) is 15.5. The molecule has 0 aliphatic carbocycles. The molecule has 5 heteroatoms. The van der Waals surface area contributed by atoms with E-state index in [-0.39, 0.29) is 12.4 Å². The van der Waals surface area contributed by atoms with E-state index in [1.54, 1.807) is 31.2 Å². The summed E-state index contributed by atoms with van der Waals surface area (Å²) in [5, 5.41) is 0. The number of alkyl halides is 3. The summed E-state index contributed by atoms with van der Waals surface area (Å²) >= 11 is 0. The van der Waals surface area contributed by atoms with Gasteiger partial charge in [0.15, 0.2) is 0 Å². The van der Waals surface area contributed by atoms with Crippen molar-refractivity contribution in [1.29, 1.82) is 0 Å². The van der Waals surface area contributed by atoms with Gasteiger partial charge >= 0.3 is 12.1 Å². The van der Waals surface area contributed by atoms with Crippen molar-refractivity contribution in [3.05, 3.63) is 54.1 Å². The van der Waals surface area contributed by atoms with Gasteiger partial charge in [0, 0.05) is 6.42 Å². The molecule has 2 nitrogen and oxygen atoms in total. The van der Waals surface area contributed by atoms with E-state index in [1.165, 1.54) is 12.1 Å². The van der Waals surface area contributed by atoms with Crippen molar-refractivity contribution in [3.63, 3.8) is 0 Å². The molecule has 0 bridgehead atoms. The van der Waals surface area contributed by atoms with Gasteiger partial charge in [0.1, 0.15) is 5.75 Å². The van der Waals surface area contributed by atoms with E-state index < -0.39 is 11.7 Å². The lowest BCUT2D eigenvalue weighted by Gasteiger charge is -2.08. The number of ether oxygens (including phenoxy) is 1. The molecular weight excluding hydrogens is 281 g/mol. The van der Waals surface area contributed by atoms with E-state index in [2.05, 4.69) is 0 Å². The minimum Gasteiger partial charge on any atom is -0.427 e. The first-order valence-electron chi connectivity index (χ1n) is 6.38. The Balaban J connectivity index is 2.17. The number of carbonyl (C=O) groups is 1. The molecule has 110 valence electrons. The molecule has 0 amide bonds. The van der Waals surface area contributed by atoms with Crippen LogP contribution >= 0.6 is 0 Å². The van der Waals surface area contributed by atoms with Crippen molar-refractivity contribution in [3.8, 4) is 16.9 Å². The molecule has 0 aliphatic rings. The van der Waals surface area contributed by atoms with Crippen molar-refractivity contribution in [2.24, 2.45) is 0 Å². The minimum atomic E-state index is -4.34. The quantitative estimate of drug-likeness (QED) is 0.606. The fourth-order valence-corrected chi connectivity index (χ4v) is 1.77. The van der Waals surface area contributed by atoms with Gasteiger partial charge in [-0.25, -0.2) is 0 Å². The van der Waals surface area contributed by atoms with Crippen molar-refractivity contribution in [1.82, 2.24) is 0 Å². The molecule has 0 unspecified atom stereocenters. The number of carbonyl (C=O) groups excluding carboxylic acids is 1. The van der Waals surface area contributed by atoms with Crippen molar-refractivity contribution in [2.45, 2.75) is 19.5 Å². The molecule has 0 saturated heterocycles. The predicted octanol–water partition coefficient (Wildman–Crippen LogP) is 4.69. The Morgan fingerprint density at radius 1 is 0.952 bits per heavy atom. The van der Waals surface area contributed by atoms with Crippen LogP contribution < -0.4 is 4.74 Å². The highest BCUT2D eigenvalue weighted by atomic mass is 19.4. The summed E-state index contributed by atoms with van der Waals surface area (Å²) < 4.78 is 42.5. The third-order valence-corrected chi connectivity index (χ3v) is 2.92. The summed E-state index contributed by atoms with van der Waals surface area (Å²) in [5.41, 5.74) is 0.733. The Morgan fingerprint density at radius 3 is 1.86 bits per heavy atom. The lowest BCUT2D eigenvalue weighted by atomic mass is 10.0. The van der Waals surface area contributed by atoms with Gasteiger partial charge in [0.05, 0.1) is 5.56 Å². The Labute approximate surface area is 120 Å². The van der Waals surface area contributed by atoms with E-state index in [0.717, 1.165) is 17.7 Å². The number of hydrogen-bond acceptors (Lipinski definition) is 2. The van der Waals surface area contributed by atoms with Crippen molar-refractivity contribution < 1.29 is 22.7 Å². The SMILES string of the molecule is CCC(=O)Oc1ccc(-c2ccc(C(F)(F)F)cc2)cc1. The van der Waals surface area contributed by atoms with Crippen LogP contribution in [0.15, 0.2) is 48.5 Å². The smallest absolute Gasteiger partial charge is 0.416 e. The van der Waals surface area contributed by atoms with Crippen LogP contribution in [0.5, 0.6) is 5.75 Å². The number of rotatable bonds is 3. The van der Waals surface area contributed by atoms with E-state index >= 15 is 0 Å². The van der Waals surface area contributed by atoms with E-state index in [1.807, 2.05) is 0 Å². The molecule has 0 atom stereocenters. The molecule has 2 aromatic rings. The minimum absolute atomic E-state index is 0.278. The summed E-state index contributed by atoms with van der Waals surface area (Å²) in [5.74, 6) is 0.0785. The molecule has 0 radical (unpaired) electrons. The molecule has 2 rings (SSSR count). The van der Waals surface area contributed by atoms with E-state index in [0.29, 0.717) is 11.3 Å². The van der Waals surface area contributed by atoms with E-state index in [4.69, 9.17) is 4.74 Å². The maximum Gasteiger partial charge on any atom is 0.416 e. The van der Waals surface area contributed by atoms with Gasteiger partial charge in [0.25, 0.3) is 0 Å². The molecule has 0 aromatic heterocycles. The average molecular weight is 294 g/mol. The first-order chi connectivity index (χ1) is 9.90. The highest BCUT2D eigenvalue weighted by molar-refractivity contribution is 5.72. The molecule has 0 fully saturated rings. The van der Waals surface area contributed by atoms with Gasteiger partial charge in [-0.15, -0.1) is 0 Å². The van der Waals surface area contributed by atoms with Gasteiger partial charge in [-0.3, -0.25) is 4.79 Å². The Morgan fingerprint density at radius 2 is 1.43 bits per heavy atom. The van der Waals surface area contributed by atoms with Crippen molar-refractivity contribution >= 4 is 5.97 Å². The van der Waals surface area contributed by atoms with Crippen molar-refractivity contribution in [2.75, 3.05) is 0 Å². The first-order valence-corrected chi connectivity index (χ1v) is 6.38. The zero-order valence-corrected chi connectivity index (χ0v) is 11.3. The Kier molecular flexibility index (Phi) is 4.31.